The van der Waals surface area contributed by atoms with Gasteiger partial charge in [-0.3, -0.25) is 9.10 Å². The van der Waals surface area contributed by atoms with E-state index in [1.165, 1.54) is 10.4 Å². The first kappa shape index (κ1) is 32.0. The molecule has 0 fully saturated rings. The van der Waals surface area contributed by atoms with Crippen LogP contribution in [0.15, 0.2) is 76.8 Å². The Labute approximate surface area is 247 Å². The van der Waals surface area contributed by atoms with E-state index in [1.54, 1.807) is 50.4 Å². The molecule has 0 aliphatic rings. The molecule has 0 spiro atoms. The van der Waals surface area contributed by atoms with E-state index in [0.717, 1.165) is 16.7 Å². The van der Waals surface area contributed by atoms with Gasteiger partial charge in [0, 0.05) is 24.9 Å². The molecule has 0 aliphatic heterocycles. The maximum atomic E-state index is 14.0. The molecule has 0 aliphatic carbocycles. The van der Waals surface area contributed by atoms with Gasteiger partial charge in [0.25, 0.3) is 10.0 Å². The summed E-state index contributed by atoms with van der Waals surface area (Å²) < 4.78 is 40.4. The van der Waals surface area contributed by atoms with Gasteiger partial charge in [-0.25, -0.2) is 8.42 Å². The molecule has 3 aromatic carbocycles. The molecule has 0 radical (unpaired) electrons. The first-order chi connectivity index (χ1) is 19.6. The van der Waals surface area contributed by atoms with Crippen molar-refractivity contribution in [2.45, 2.75) is 57.9 Å². The molecule has 3 rings (SSSR count). The number of sulfonamides is 1. The number of aryl methyl sites for hydroxylation is 1. The molecule has 1 atom stereocenters. The zero-order valence-electron chi connectivity index (χ0n) is 23.9. The average Bonchev–Trinajstić information content (AvgIpc) is 2.93. The molecule has 0 aromatic heterocycles. The van der Waals surface area contributed by atoms with Gasteiger partial charge in [0.2, 0.25) is 0 Å². The molecule has 0 amide bonds. The molecule has 10 heteroatoms. The van der Waals surface area contributed by atoms with Gasteiger partial charge < -0.3 is 14.3 Å². The number of hydrogen-bond acceptors (Lipinski definition) is 7. The fraction of sp³-hybridized carbons (Fsp3) is 0.355. The lowest BCUT2D eigenvalue weighted by atomic mass is 10.1. The number of esters is 1. The van der Waals surface area contributed by atoms with Gasteiger partial charge >= 0.3 is 5.97 Å². The second-order valence-electron chi connectivity index (χ2n) is 9.42. The number of benzene rings is 3. The second kappa shape index (κ2) is 15.4. The van der Waals surface area contributed by atoms with Crippen molar-refractivity contribution < 1.29 is 27.5 Å². The van der Waals surface area contributed by atoms with Gasteiger partial charge in [-0.2, -0.15) is 0 Å². The monoisotopic (exact) mass is 600 g/mol. The Bertz CT molecular complexity index is 1430. The minimum absolute atomic E-state index is 0.0108. The Morgan fingerprint density at radius 3 is 2.46 bits per heavy atom. The lowest BCUT2D eigenvalue weighted by Crippen LogP contribution is -2.39. The zero-order valence-corrected chi connectivity index (χ0v) is 25.5. The molecule has 0 saturated carbocycles. The molecular weight excluding hydrogens is 564 g/mol. The number of halogens is 1. The Balaban J connectivity index is 1.83. The molecular formula is C31H37ClN2O6S. The maximum Gasteiger partial charge on any atom is 0.305 e. The normalized spacial score (nSPS) is 12.2. The van der Waals surface area contributed by atoms with Crippen molar-refractivity contribution >= 4 is 39.5 Å². The Kier molecular flexibility index (Phi) is 12.0. The fourth-order valence-corrected chi connectivity index (χ4v) is 6.40. The summed E-state index contributed by atoms with van der Waals surface area (Å²) in [5.41, 5.74) is 3.27. The molecule has 0 saturated heterocycles. The molecule has 41 heavy (non-hydrogen) atoms. The summed E-state index contributed by atoms with van der Waals surface area (Å²) in [5.74, 6) is 0.162. The topological polar surface area (TPSA) is 94.5 Å². The van der Waals surface area contributed by atoms with Crippen molar-refractivity contribution in [3.63, 3.8) is 0 Å². The molecule has 0 N–H and O–H groups in total. The molecule has 220 valence electrons. The van der Waals surface area contributed by atoms with Crippen molar-refractivity contribution in [1.29, 1.82) is 0 Å². The predicted molar refractivity (Wildman–Crippen MR) is 162 cm³/mol. The van der Waals surface area contributed by atoms with Crippen LogP contribution in [0, 0.1) is 6.92 Å². The zero-order chi connectivity index (χ0) is 29.8. The van der Waals surface area contributed by atoms with E-state index < -0.39 is 16.1 Å². The predicted octanol–water partition coefficient (Wildman–Crippen LogP) is 6.57. The van der Waals surface area contributed by atoms with E-state index in [0.29, 0.717) is 31.1 Å². The average molecular weight is 601 g/mol. The van der Waals surface area contributed by atoms with Crippen LogP contribution in [-0.4, -0.2) is 46.5 Å². The van der Waals surface area contributed by atoms with Crippen LogP contribution in [0.1, 0.15) is 50.3 Å². The van der Waals surface area contributed by atoms with Gasteiger partial charge in [-0.1, -0.05) is 53.2 Å². The van der Waals surface area contributed by atoms with Crippen LogP contribution < -0.4 is 9.04 Å². The van der Waals surface area contributed by atoms with Crippen molar-refractivity contribution in [2.75, 3.05) is 24.1 Å². The number of ether oxygens (including phenoxy) is 2. The number of rotatable bonds is 15. The number of carbonyl (C=O) groups is 1. The van der Waals surface area contributed by atoms with Crippen LogP contribution in [0.4, 0.5) is 5.69 Å². The van der Waals surface area contributed by atoms with Crippen LogP contribution in [0.3, 0.4) is 0 Å². The number of hydrogen-bond donors (Lipinski definition) is 0. The quantitative estimate of drug-likeness (QED) is 0.111. The molecule has 0 bridgehead atoms. The van der Waals surface area contributed by atoms with Crippen LogP contribution in [0.25, 0.3) is 0 Å². The highest BCUT2D eigenvalue weighted by Crippen LogP contribution is 2.34. The second-order valence-corrected chi connectivity index (χ2v) is 11.6. The summed E-state index contributed by atoms with van der Waals surface area (Å²) in [4.78, 5) is 17.0. The third-order valence-corrected chi connectivity index (χ3v) is 8.62. The highest BCUT2D eigenvalue weighted by molar-refractivity contribution is 7.93. The number of nitrogens with zero attached hydrogens (tertiary/aromatic N) is 2. The summed E-state index contributed by atoms with van der Waals surface area (Å²) >= 11 is 6.33. The SMILES string of the molecule is CCON=Cc1ccc(CCOc2cc(C)cc(N(C(C)CCC(=O)OCC)S(=O)(=O)c3ccccc3Cl)c2)cc1. The summed E-state index contributed by atoms with van der Waals surface area (Å²) in [6.07, 6.45) is 2.66. The summed E-state index contributed by atoms with van der Waals surface area (Å²) in [6.45, 7) is 8.42. The maximum absolute atomic E-state index is 14.0. The summed E-state index contributed by atoms with van der Waals surface area (Å²) in [6, 6.07) is 19.0. The van der Waals surface area contributed by atoms with E-state index in [2.05, 4.69) is 5.16 Å². The Morgan fingerprint density at radius 1 is 1.05 bits per heavy atom. The van der Waals surface area contributed by atoms with E-state index in [4.69, 9.17) is 25.9 Å². The van der Waals surface area contributed by atoms with Crippen molar-refractivity contribution in [3.05, 3.63) is 88.4 Å². The summed E-state index contributed by atoms with van der Waals surface area (Å²) in [7, 11) is -4.08. The van der Waals surface area contributed by atoms with Gasteiger partial charge in [0.15, 0.2) is 0 Å². The first-order valence-electron chi connectivity index (χ1n) is 13.6. The third kappa shape index (κ3) is 9.23. The van der Waals surface area contributed by atoms with Crippen LogP contribution >= 0.6 is 11.6 Å². The lowest BCUT2D eigenvalue weighted by Gasteiger charge is -2.31. The standard InChI is InChI=1S/C31H37ClN2O6S/c1-5-38-31(35)16-11-24(4)34(41(36,37)30-10-8-7-9-29(30)32)27-19-23(3)20-28(21-27)39-18-17-25-12-14-26(15-13-25)22-33-40-6-2/h7-10,12-15,19-22,24H,5-6,11,16-18H2,1-4H3. The Morgan fingerprint density at radius 2 is 1.78 bits per heavy atom. The van der Waals surface area contributed by atoms with Crippen LogP contribution in [0.2, 0.25) is 5.02 Å². The lowest BCUT2D eigenvalue weighted by molar-refractivity contribution is -0.143. The van der Waals surface area contributed by atoms with E-state index in [1.807, 2.05) is 44.2 Å². The highest BCUT2D eigenvalue weighted by Gasteiger charge is 2.32. The number of anilines is 1. The molecule has 0 heterocycles. The van der Waals surface area contributed by atoms with E-state index in [-0.39, 0.29) is 35.3 Å². The third-order valence-electron chi connectivity index (χ3n) is 6.18. The van der Waals surface area contributed by atoms with E-state index in [9.17, 15) is 13.2 Å². The molecule has 1 unspecified atom stereocenters. The van der Waals surface area contributed by atoms with Crippen molar-refractivity contribution in [3.8, 4) is 5.75 Å². The van der Waals surface area contributed by atoms with Gasteiger partial charge in [0.1, 0.15) is 17.3 Å². The summed E-state index contributed by atoms with van der Waals surface area (Å²) in [5, 5.41) is 4.00. The van der Waals surface area contributed by atoms with Crippen molar-refractivity contribution in [1.82, 2.24) is 0 Å². The number of oxime groups is 1. The minimum atomic E-state index is -4.08. The molecule has 3 aromatic rings. The Hall–Kier alpha value is -3.56. The molecule has 8 nitrogen and oxygen atoms in total. The number of carbonyl (C=O) groups excluding carboxylic acids is 1. The first-order valence-corrected chi connectivity index (χ1v) is 15.4. The fourth-order valence-electron chi connectivity index (χ4n) is 4.24. The smallest absolute Gasteiger partial charge is 0.305 e. The minimum Gasteiger partial charge on any atom is -0.493 e. The van der Waals surface area contributed by atoms with E-state index >= 15 is 0 Å². The largest absolute Gasteiger partial charge is 0.493 e. The van der Waals surface area contributed by atoms with Crippen molar-refractivity contribution in [2.24, 2.45) is 5.16 Å². The van der Waals surface area contributed by atoms with Crippen LogP contribution in [0.5, 0.6) is 5.75 Å². The van der Waals surface area contributed by atoms with Gasteiger partial charge in [-0.15, -0.1) is 0 Å². The highest BCUT2D eigenvalue weighted by atomic mass is 35.5. The van der Waals surface area contributed by atoms with Gasteiger partial charge in [0.05, 0.1) is 30.1 Å². The van der Waals surface area contributed by atoms with Crippen LogP contribution in [-0.2, 0) is 30.8 Å². The van der Waals surface area contributed by atoms with Gasteiger partial charge in [-0.05, 0) is 75.1 Å².